The van der Waals surface area contributed by atoms with Gasteiger partial charge in [-0.05, 0) is 22.0 Å². The van der Waals surface area contributed by atoms with E-state index in [0.29, 0.717) is 16.7 Å². The molecule has 1 aliphatic rings. The van der Waals surface area contributed by atoms with Crippen LogP contribution in [0.5, 0.6) is 0 Å². The molecule has 0 saturated carbocycles. The van der Waals surface area contributed by atoms with Crippen LogP contribution >= 0.6 is 15.9 Å². The van der Waals surface area contributed by atoms with Crippen molar-refractivity contribution in [2.24, 2.45) is 5.92 Å². The molecule has 1 atom stereocenters. The van der Waals surface area contributed by atoms with Crippen LogP contribution in [0.3, 0.4) is 0 Å². The highest BCUT2D eigenvalue weighted by Crippen LogP contribution is 2.33. The molecule has 0 radical (unpaired) electrons. The molecule has 1 aromatic carbocycles. The third kappa shape index (κ3) is 2.19. The molecule has 0 spiro atoms. The molecular weight excluding hydrogens is 302 g/mol. The monoisotopic (exact) mass is 309 g/mol. The average Bonchev–Trinajstić information content (AvgIpc) is 2.70. The molecule has 6 nitrogen and oxygen atoms in total. The van der Waals surface area contributed by atoms with E-state index in [-0.39, 0.29) is 23.9 Å². The van der Waals surface area contributed by atoms with E-state index in [1.54, 1.807) is 0 Å². The summed E-state index contributed by atoms with van der Waals surface area (Å²) in [6.07, 6.45) is 0.194. The van der Waals surface area contributed by atoms with Gasteiger partial charge in [-0.25, -0.2) is 0 Å². The highest BCUT2D eigenvalue weighted by molar-refractivity contribution is 9.10. The highest BCUT2D eigenvalue weighted by Gasteiger charge is 2.31. The maximum absolute atomic E-state index is 11.7. The van der Waals surface area contributed by atoms with Crippen LogP contribution in [0.4, 0.5) is 11.4 Å². The van der Waals surface area contributed by atoms with Crippen molar-refractivity contribution in [3.63, 3.8) is 0 Å². The third-order valence-electron chi connectivity index (χ3n) is 2.74. The van der Waals surface area contributed by atoms with Crippen LogP contribution in [0.15, 0.2) is 22.7 Å². The van der Waals surface area contributed by atoms with E-state index in [2.05, 4.69) is 22.0 Å². The standard InChI is InChI=1S/C11H8BrN3O3/c12-9-4-8(15(17)18)1-2-10(9)14-6-7(5-13)3-11(14)16/h1-2,4,7H,3,6H2. The van der Waals surface area contributed by atoms with Crippen LogP contribution in [0.2, 0.25) is 0 Å². The minimum Gasteiger partial charge on any atom is -0.310 e. The Hall–Kier alpha value is -1.94. The van der Waals surface area contributed by atoms with E-state index in [1.165, 1.54) is 23.1 Å². The zero-order chi connectivity index (χ0) is 13.3. The SMILES string of the molecule is N#CC1CC(=O)N(c2ccc([N+](=O)[O-])cc2Br)C1. The summed E-state index contributed by atoms with van der Waals surface area (Å²) in [4.78, 5) is 23.3. The zero-order valence-corrected chi connectivity index (χ0v) is 10.8. The Morgan fingerprint density at radius 1 is 1.56 bits per heavy atom. The van der Waals surface area contributed by atoms with Gasteiger partial charge in [-0.1, -0.05) is 0 Å². The smallest absolute Gasteiger partial charge is 0.270 e. The molecule has 1 unspecified atom stereocenters. The number of benzene rings is 1. The van der Waals surface area contributed by atoms with Crippen molar-refractivity contribution in [2.45, 2.75) is 6.42 Å². The first kappa shape index (κ1) is 12.5. The molecule has 7 heteroatoms. The fourth-order valence-electron chi connectivity index (χ4n) is 1.86. The Kier molecular flexibility index (Phi) is 3.30. The summed E-state index contributed by atoms with van der Waals surface area (Å²) in [5.74, 6) is -0.462. The van der Waals surface area contributed by atoms with E-state index >= 15 is 0 Å². The molecule has 0 aromatic heterocycles. The van der Waals surface area contributed by atoms with E-state index in [0.717, 1.165) is 0 Å². The van der Waals surface area contributed by atoms with Crippen molar-refractivity contribution >= 4 is 33.2 Å². The van der Waals surface area contributed by atoms with Gasteiger partial charge in [-0.15, -0.1) is 0 Å². The second kappa shape index (κ2) is 4.74. The molecule has 0 bridgehead atoms. The number of carbonyl (C=O) groups is 1. The van der Waals surface area contributed by atoms with Gasteiger partial charge in [0.05, 0.1) is 22.6 Å². The number of non-ortho nitro benzene ring substituents is 1. The fourth-order valence-corrected chi connectivity index (χ4v) is 2.44. The Balaban J connectivity index is 2.33. The first-order chi connectivity index (χ1) is 8.52. The minimum atomic E-state index is -0.502. The lowest BCUT2D eigenvalue weighted by molar-refractivity contribution is -0.384. The fraction of sp³-hybridized carbons (Fsp3) is 0.273. The second-order valence-electron chi connectivity index (χ2n) is 3.93. The predicted octanol–water partition coefficient (Wildman–Crippen LogP) is 2.23. The van der Waals surface area contributed by atoms with Crippen molar-refractivity contribution < 1.29 is 9.72 Å². The lowest BCUT2D eigenvalue weighted by Gasteiger charge is -2.17. The molecule has 92 valence electrons. The van der Waals surface area contributed by atoms with Crippen molar-refractivity contribution in [1.29, 1.82) is 5.26 Å². The van der Waals surface area contributed by atoms with Crippen LogP contribution in [-0.4, -0.2) is 17.4 Å². The second-order valence-corrected chi connectivity index (χ2v) is 4.78. The summed E-state index contributed by atoms with van der Waals surface area (Å²) in [5, 5.41) is 19.4. The summed E-state index contributed by atoms with van der Waals surface area (Å²) in [6, 6.07) is 6.26. The normalized spacial score (nSPS) is 18.8. The average molecular weight is 310 g/mol. The molecule has 2 rings (SSSR count). The number of nitrogens with zero attached hydrogens (tertiary/aromatic N) is 3. The number of hydrogen-bond acceptors (Lipinski definition) is 4. The Labute approximate surface area is 111 Å². The quantitative estimate of drug-likeness (QED) is 0.619. The van der Waals surface area contributed by atoms with Gasteiger partial charge in [0.15, 0.2) is 0 Å². The zero-order valence-electron chi connectivity index (χ0n) is 9.17. The topological polar surface area (TPSA) is 87.2 Å². The highest BCUT2D eigenvalue weighted by atomic mass is 79.9. The van der Waals surface area contributed by atoms with Crippen LogP contribution < -0.4 is 4.90 Å². The molecule has 0 aliphatic carbocycles. The van der Waals surface area contributed by atoms with Gasteiger partial charge in [0.1, 0.15) is 0 Å². The number of rotatable bonds is 2. The first-order valence-corrected chi connectivity index (χ1v) is 5.96. The number of halogens is 1. The lowest BCUT2D eigenvalue weighted by atomic mass is 10.1. The number of hydrogen-bond donors (Lipinski definition) is 0. The van der Waals surface area contributed by atoms with Crippen LogP contribution in [0, 0.1) is 27.4 Å². The Bertz CT molecular complexity index is 567. The van der Waals surface area contributed by atoms with Gasteiger partial charge in [-0.3, -0.25) is 14.9 Å². The van der Waals surface area contributed by atoms with Crippen molar-refractivity contribution in [1.82, 2.24) is 0 Å². The summed E-state index contributed by atoms with van der Waals surface area (Å²) in [6.45, 7) is 0.325. The van der Waals surface area contributed by atoms with Gasteiger partial charge >= 0.3 is 0 Å². The molecule has 1 fully saturated rings. The van der Waals surface area contributed by atoms with Crippen LogP contribution in [-0.2, 0) is 4.79 Å². The molecule has 1 aliphatic heterocycles. The number of nitro groups is 1. The predicted molar refractivity (Wildman–Crippen MR) is 66.9 cm³/mol. The lowest BCUT2D eigenvalue weighted by Crippen LogP contribution is -2.24. The van der Waals surface area contributed by atoms with Crippen LogP contribution in [0.1, 0.15) is 6.42 Å². The van der Waals surface area contributed by atoms with Gasteiger partial charge in [0.25, 0.3) is 5.69 Å². The van der Waals surface area contributed by atoms with E-state index in [4.69, 9.17) is 5.26 Å². The molecule has 0 N–H and O–H groups in total. The Morgan fingerprint density at radius 3 is 2.78 bits per heavy atom. The largest absolute Gasteiger partial charge is 0.310 e. The summed E-state index contributed by atoms with van der Waals surface area (Å²) < 4.78 is 0.476. The summed E-state index contributed by atoms with van der Waals surface area (Å²) >= 11 is 3.21. The van der Waals surface area contributed by atoms with Gasteiger partial charge in [0.2, 0.25) is 5.91 Å². The molecular formula is C11H8BrN3O3. The van der Waals surface area contributed by atoms with Gasteiger partial charge < -0.3 is 4.90 Å². The van der Waals surface area contributed by atoms with Gasteiger partial charge in [0, 0.05) is 29.6 Å². The Morgan fingerprint density at radius 2 is 2.28 bits per heavy atom. The third-order valence-corrected chi connectivity index (χ3v) is 3.38. The van der Waals surface area contributed by atoms with Crippen molar-refractivity contribution in [2.75, 3.05) is 11.4 Å². The maximum Gasteiger partial charge on any atom is 0.270 e. The number of carbonyl (C=O) groups excluding carboxylic acids is 1. The van der Waals surface area contributed by atoms with E-state index in [1.807, 2.05) is 0 Å². The minimum absolute atomic E-state index is 0.0471. The number of nitriles is 1. The molecule has 1 saturated heterocycles. The number of nitro benzene ring substituents is 1. The van der Waals surface area contributed by atoms with E-state index in [9.17, 15) is 14.9 Å². The molecule has 1 amide bonds. The number of anilines is 1. The maximum atomic E-state index is 11.7. The van der Waals surface area contributed by atoms with Crippen molar-refractivity contribution in [3.05, 3.63) is 32.8 Å². The molecule has 18 heavy (non-hydrogen) atoms. The summed E-state index contributed by atoms with van der Waals surface area (Å²) in [5.41, 5.74) is 0.512. The summed E-state index contributed by atoms with van der Waals surface area (Å²) in [7, 11) is 0. The van der Waals surface area contributed by atoms with Crippen molar-refractivity contribution in [3.8, 4) is 6.07 Å². The van der Waals surface area contributed by atoms with Crippen LogP contribution in [0.25, 0.3) is 0 Å². The number of amides is 1. The molecule has 1 aromatic rings. The van der Waals surface area contributed by atoms with Gasteiger partial charge in [-0.2, -0.15) is 5.26 Å². The first-order valence-electron chi connectivity index (χ1n) is 5.17. The molecule has 1 heterocycles. The van der Waals surface area contributed by atoms with E-state index < -0.39 is 4.92 Å².